The molecule has 5 N–H and O–H groups in total. The van der Waals surface area contributed by atoms with E-state index in [9.17, 15) is 35.1 Å². The van der Waals surface area contributed by atoms with E-state index in [0.717, 1.165) is 64.2 Å². The van der Waals surface area contributed by atoms with Crippen molar-refractivity contribution in [2.45, 2.75) is 148 Å². The Morgan fingerprint density at radius 2 is 1.70 bits per heavy atom. The van der Waals surface area contributed by atoms with Crippen LogP contribution in [0.4, 0.5) is 0 Å². The fourth-order valence-electron chi connectivity index (χ4n) is 17.1. The Morgan fingerprint density at radius 3 is 2.41 bits per heavy atom. The molecule has 0 radical (unpaired) electrons. The van der Waals surface area contributed by atoms with E-state index in [1.807, 2.05) is 0 Å². The third kappa shape index (κ3) is 4.39. The molecular weight excluding hydrogens is 688 g/mol. The molecule has 0 amide bonds. The Bertz CT molecular complexity index is 1660. The summed E-state index contributed by atoms with van der Waals surface area (Å²) in [6.45, 7) is 12.6. The van der Waals surface area contributed by atoms with Crippen LogP contribution >= 0.6 is 0 Å². The summed E-state index contributed by atoms with van der Waals surface area (Å²) in [4.78, 5) is 26.0. The second-order valence-electron chi connectivity index (χ2n) is 21.3. The average molecular weight is 753 g/mol. The van der Waals surface area contributed by atoms with Gasteiger partial charge in [-0.1, -0.05) is 71.3 Å². The monoisotopic (exact) mass is 752 g/mol. The number of hydrogen-bond acceptors (Lipinski definition) is 8. The number of aliphatic hydroxyl groups excluding tert-OH is 3. The summed E-state index contributed by atoms with van der Waals surface area (Å²) in [5, 5.41) is 53.3. The van der Waals surface area contributed by atoms with Crippen molar-refractivity contribution in [1.29, 1.82) is 0 Å². The van der Waals surface area contributed by atoms with Crippen LogP contribution in [0.15, 0.2) is 23.8 Å². The van der Waals surface area contributed by atoms with Gasteiger partial charge in [0, 0.05) is 18.4 Å². The van der Waals surface area contributed by atoms with Gasteiger partial charge in [0.25, 0.3) is 0 Å². The van der Waals surface area contributed by atoms with E-state index in [1.165, 1.54) is 12.0 Å². The number of methoxy groups -OCH3 is 1. The predicted molar refractivity (Wildman–Crippen MR) is 198 cm³/mol. The van der Waals surface area contributed by atoms with Gasteiger partial charge < -0.3 is 39.7 Å². The van der Waals surface area contributed by atoms with Gasteiger partial charge in [0.05, 0.1) is 18.1 Å². The van der Waals surface area contributed by atoms with E-state index in [2.05, 4.69) is 52.8 Å². The van der Waals surface area contributed by atoms with E-state index in [-0.39, 0.29) is 39.1 Å². The van der Waals surface area contributed by atoms with Crippen molar-refractivity contribution in [2.24, 2.45) is 73.4 Å². The number of carboxylic acid groups (broad SMARTS) is 2. The first-order valence-electron chi connectivity index (χ1n) is 21.1. The van der Waals surface area contributed by atoms with Crippen LogP contribution in [0.25, 0.3) is 0 Å². The van der Waals surface area contributed by atoms with Crippen LogP contribution in [0.1, 0.15) is 112 Å². The Labute approximate surface area is 320 Å². The maximum atomic E-state index is 14.0. The zero-order valence-corrected chi connectivity index (χ0v) is 33.1. The molecule has 1 aliphatic heterocycles. The summed E-state index contributed by atoms with van der Waals surface area (Å²) >= 11 is 0. The molecule has 18 atom stereocenters. The molecule has 54 heavy (non-hydrogen) atoms. The molecule has 18 unspecified atom stereocenters. The Kier molecular flexibility index (Phi) is 8.30. The van der Waals surface area contributed by atoms with Crippen LogP contribution < -0.4 is 0 Å². The number of ether oxygens (including phenoxy) is 3. The predicted octanol–water partition coefficient (Wildman–Crippen LogP) is 5.97. The second kappa shape index (κ2) is 11.9. The highest BCUT2D eigenvalue weighted by atomic mass is 16.7. The van der Waals surface area contributed by atoms with E-state index >= 15 is 0 Å². The molecule has 300 valence electrons. The smallest absolute Gasteiger partial charge is 0.335 e. The lowest BCUT2D eigenvalue weighted by atomic mass is 9.25. The molecule has 0 aromatic rings. The third-order valence-electron chi connectivity index (χ3n) is 19.1. The van der Waals surface area contributed by atoms with E-state index < -0.39 is 53.5 Å². The molecule has 10 heteroatoms. The van der Waals surface area contributed by atoms with Crippen LogP contribution in [0, 0.1) is 73.4 Å². The highest BCUT2D eigenvalue weighted by Crippen LogP contribution is 2.84. The largest absolute Gasteiger partial charge is 0.481 e. The molecule has 8 aliphatic carbocycles. The molecule has 2 spiro atoms. The van der Waals surface area contributed by atoms with Gasteiger partial charge in [-0.3, -0.25) is 4.79 Å². The number of aliphatic hydroxyl groups is 3. The van der Waals surface area contributed by atoms with Crippen LogP contribution in [0.5, 0.6) is 0 Å². The van der Waals surface area contributed by atoms with Crippen LogP contribution in [0.3, 0.4) is 0 Å². The van der Waals surface area contributed by atoms with Crippen LogP contribution in [-0.4, -0.2) is 88.0 Å². The SMILES string of the molecule is COCC1CC2(C)CC=CC3(C2)C2=CC4CC5CCCC67C5CC(OC5OC(C(=O)O)C(O)C(O)C5O)C(C)(C)C6CCC(C)(C47)C2(C)CCC13C(=O)O. The van der Waals surface area contributed by atoms with Crippen molar-refractivity contribution in [1.82, 2.24) is 0 Å². The summed E-state index contributed by atoms with van der Waals surface area (Å²) < 4.78 is 18.2. The number of hydrogen-bond donors (Lipinski definition) is 5. The Hall–Kier alpha value is -1.82. The lowest BCUT2D eigenvalue weighted by molar-refractivity contribution is -0.341. The lowest BCUT2D eigenvalue weighted by Gasteiger charge is -2.79. The maximum absolute atomic E-state index is 14.0. The zero-order chi connectivity index (χ0) is 38.6. The molecule has 7 fully saturated rings. The minimum Gasteiger partial charge on any atom is -0.481 e. The summed E-state index contributed by atoms with van der Waals surface area (Å²) in [7, 11) is 1.73. The van der Waals surface area contributed by atoms with Gasteiger partial charge in [-0.25, -0.2) is 4.79 Å². The number of allylic oxidation sites excluding steroid dienone is 4. The molecular formula is C44H64O10. The molecule has 4 bridgehead atoms. The van der Waals surface area contributed by atoms with Gasteiger partial charge in [0.15, 0.2) is 12.4 Å². The van der Waals surface area contributed by atoms with Gasteiger partial charge in [-0.2, -0.15) is 0 Å². The highest BCUT2D eigenvalue weighted by molar-refractivity contribution is 5.79. The molecule has 0 aromatic heterocycles. The van der Waals surface area contributed by atoms with Gasteiger partial charge in [0.1, 0.15) is 18.3 Å². The minimum absolute atomic E-state index is 0.0227. The van der Waals surface area contributed by atoms with Gasteiger partial charge >= 0.3 is 11.9 Å². The summed E-state index contributed by atoms with van der Waals surface area (Å²) in [6, 6.07) is 0. The van der Waals surface area contributed by atoms with E-state index in [1.54, 1.807) is 7.11 Å². The molecule has 1 heterocycles. The summed E-state index contributed by atoms with van der Waals surface area (Å²) in [5.74, 6) is -0.137. The van der Waals surface area contributed by atoms with Crippen molar-refractivity contribution < 1.29 is 49.3 Å². The van der Waals surface area contributed by atoms with Crippen molar-refractivity contribution >= 4 is 11.9 Å². The lowest BCUT2D eigenvalue weighted by Crippen LogP contribution is -2.74. The molecule has 0 aromatic carbocycles. The standard InChI is InChI=1S/C44H64O10/c1-38(2)27-10-14-41(5)34-24(18-28-40(41,4)15-16-44(37(50)51)25(21-52-6)20-39(3)11-8-12-42(28,44)22-39)17-23-9-7-13-43(27,34)26(23)19-29(38)53-36-32(47)30(45)31(46)33(54-36)35(48)49/h8,12,18,23-27,29-34,36,45-47H,7,9-11,13-17,19-22H2,1-6H3,(H,48,49)(H,50,51). The second-order valence-corrected chi connectivity index (χ2v) is 21.3. The van der Waals surface area contributed by atoms with Gasteiger partial charge in [-0.15, -0.1) is 0 Å². The fraction of sp³-hybridized carbons (Fsp3) is 0.864. The molecule has 6 saturated carbocycles. The topological polar surface area (TPSA) is 163 Å². The molecule has 10 nitrogen and oxygen atoms in total. The first kappa shape index (κ1) is 37.7. The number of rotatable bonds is 6. The van der Waals surface area contributed by atoms with E-state index in [0.29, 0.717) is 42.6 Å². The quantitative estimate of drug-likeness (QED) is 0.162. The van der Waals surface area contributed by atoms with Crippen molar-refractivity contribution in [3.63, 3.8) is 0 Å². The van der Waals surface area contributed by atoms with Gasteiger partial charge in [-0.05, 0) is 121 Å². The number of fused-ring (bicyclic) bond motifs is 3. The van der Waals surface area contributed by atoms with Gasteiger partial charge in [0.2, 0.25) is 0 Å². The summed E-state index contributed by atoms with van der Waals surface area (Å²) in [6.07, 6.45) is 10.6. The Balaban J connectivity index is 1.14. The maximum Gasteiger partial charge on any atom is 0.335 e. The van der Waals surface area contributed by atoms with Crippen LogP contribution in [0.2, 0.25) is 0 Å². The number of aliphatic carboxylic acids is 2. The molecule has 9 rings (SSSR count). The first-order chi connectivity index (χ1) is 25.4. The third-order valence-corrected chi connectivity index (χ3v) is 19.1. The van der Waals surface area contributed by atoms with Crippen molar-refractivity contribution in [2.75, 3.05) is 13.7 Å². The number of carbonyl (C=O) groups is 2. The molecule has 1 saturated heterocycles. The number of carboxylic acids is 2. The highest BCUT2D eigenvalue weighted by Gasteiger charge is 2.79. The fourth-order valence-corrected chi connectivity index (χ4v) is 17.1. The minimum atomic E-state index is -1.76. The average Bonchev–Trinajstić information content (AvgIpc) is 3.08. The van der Waals surface area contributed by atoms with Crippen molar-refractivity contribution in [3.8, 4) is 0 Å². The molecule has 9 aliphatic rings. The first-order valence-corrected chi connectivity index (χ1v) is 21.1. The van der Waals surface area contributed by atoms with Crippen molar-refractivity contribution in [3.05, 3.63) is 23.8 Å². The van der Waals surface area contributed by atoms with Crippen LogP contribution in [-0.2, 0) is 23.8 Å². The summed E-state index contributed by atoms with van der Waals surface area (Å²) in [5.41, 5.74) is -0.474. The van der Waals surface area contributed by atoms with E-state index in [4.69, 9.17) is 14.2 Å². The Morgan fingerprint density at radius 1 is 0.944 bits per heavy atom. The zero-order valence-electron chi connectivity index (χ0n) is 33.1. The normalized spacial score (nSPS) is 56.4.